The Bertz CT molecular complexity index is 1060. The quantitative estimate of drug-likeness (QED) is 0.549. The van der Waals surface area contributed by atoms with Crippen LogP contribution in [-0.4, -0.2) is 23.1 Å². The molecule has 0 aliphatic heterocycles. The number of carbonyl (C=O) groups is 2. The van der Waals surface area contributed by atoms with E-state index in [0.717, 1.165) is 4.70 Å². The van der Waals surface area contributed by atoms with E-state index in [1.54, 1.807) is 35.8 Å². The molecule has 26 heavy (non-hydrogen) atoms. The fourth-order valence-corrected chi connectivity index (χ4v) is 4.28. The van der Waals surface area contributed by atoms with E-state index in [1.165, 1.54) is 11.3 Å². The summed E-state index contributed by atoms with van der Waals surface area (Å²) >= 11 is 11.0. The minimum absolute atomic E-state index is 0.0698. The van der Waals surface area contributed by atoms with Gasteiger partial charge >= 0.3 is 5.97 Å². The van der Waals surface area contributed by atoms with Crippen LogP contribution in [0, 0.1) is 0 Å². The van der Waals surface area contributed by atoms with Gasteiger partial charge in [0.2, 0.25) is 0 Å². The molecule has 1 amide bonds. The van der Waals surface area contributed by atoms with E-state index in [2.05, 4.69) is 20.9 Å². The molecule has 3 aromatic rings. The van der Waals surface area contributed by atoms with Gasteiger partial charge in [-0.25, -0.2) is 0 Å². The molecule has 0 saturated heterocycles. The number of esters is 1. The van der Waals surface area contributed by atoms with Gasteiger partial charge < -0.3 is 9.30 Å². The molecule has 0 radical (unpaired) electrons. The predicted molar refractivity (Wildman–Crippen MR) is 105 cm³/mol. The van der Waals surface area contributed by atoms with Crippen molar-refractivity contribution in [2.75, 3.05) is 6.61 Å². The number of carbonyl (C=O) groups excluding carboxylic acids is 2. The molecule has 0 N–H and O–H groups in total. The van der Waals surface area contributed by atoms with Gasteiger partial charge in [-0.3, -0.25) is 9.59 Å². The average Bonchev–Trinajstić information content (AvgIpc) is 2.94. The van der Waals surface area contributed by atoms with Crippen LogP contribution >= 0.6 is 38.9 Å². The minimum Gasteiger partial charge on any atom is -0.465 e. The van der Waals surface area contributed by atoms with Crippen LogP contribution in [0.4, 0.5) is 0 Å². The summed E-state index contributed by atoms with van der Waals surface area (Å²) in [5.74, 6) is -0.820. The average molecular weight is 454 g/mol. The van der Waals surface area contributed by atoms with Crippen molar-refractivity contribution in [3.05, 3.63) is 62.3 Å². The first-order valence-electron chi connectivity index (χ1n) is 7.78. The number of fused-ring (bicyclic) bond motifs is 1. The monoisotopic (exact) mass is 452 g/mol. The van der Waals surface area contributed by atoms with Crippen molar-refractivity contribution in [2.24, 2.45) is 4.99 Å². The van der Waals surface area contributed by atoms with Crippen molar-refractivity contribution in [2.45, 2.75) is 13.5 Å². The summed E-state index contributed by atoms with van der Waals surface area (Å²) in [4.78, 5) is 29.2. The second kappa shape index (κ2) is 8.16. The molecule has 0 aliphatic carbocycles. The zero-order valence-electron chi connectivity index (χ0n) is 13.7. The third kappa shape index (κ3) is 3.90. The Hall–Kier alpha value is -1.96. The van der Waals surface area contributed by atoms with Gasteiger partial charge in [-0.1, -0.05) is 41.1 Å². The summed E-state index contributed by atoms with van der Waals surface area (Å²) in [5.41, 5.74) is 1.10. The van der Waals surface area contributed by atoms with E-state index < -0.39 is 11.9 Å². The fraction of sp³-hybridized carbons (Fsp3) is 0.167. The van der Waals surface area contributed by atoms with Gasteiger partial charge in [-0.15, -0.1) is 0 Å². The molecule has 1 heterocycles. The standard InChI is InChI=1S/C18H14BrClN2O3S/c1-2-25-15(23)10-22-16-13(20)8-5-9-14(16)26-18(22)21-17(24)11-6-3-4-7-12(11)19/h3-9H,2,10H2,1H3. The smallest absolute Gasteiger partial charge is 0.326 e. The highest BCUT2D eigenvalue weighted by Gasteiger charge is 2.15. The second-order valence-electron chi connectivity index (χ2n) is 5.26. The van der Waals surface area contributed by atoms with Gasteiger partial charge in [0.15, 0.2) is 4.80 Å². The zero-order valence-corrected chi connectivity index (χ0v) is 16.9. The Morgan fingerprint density at radius 3 is 2.73 bits per heavy atom. The molecule has 0 fully saturated rings. The topological polar surface area (TPSA) is 60.7 Å². The van der Waals surface area contributed by atoms with Gasteiger partial charge in [0.25, 0.3) is 5.91 Å². The number of thiazole rings is 1. The summed E-state index contributed by atoms with van der Waals surface area (Å²) in [5, 5.41) is 0.484. The minimum atomic E-state index is -0.415. The van der Waals surface area contributed by atoms with Crippen molar-refractivity contribution < 1.29 is 14.3 Å². The molecule has 134 valence electrons. The number of benzene rings is 2. The second-order valence-corrected chi connectivity index (χ2v) is 7.53. The maximum absolute atomic E-state index is 12.6. The van der Waals surface area contributed by atoms with Crippen LogP contribution in [0.3, 0.4) is 0 Å². The first kappa shape index (κ1) is 18.8. The number of para-hydroxylation sites is 1. The Balaban J connectivity index is 2.15. The van der Waals surface area contributed by atoms with Crippen LogP contribution in [0.1, 0.15) is 17.3 Å². The number of aromatic nitrogens is 1. The molecule has 0 saturated carbocycles. The fourth-order valence-electron chi connectivity index (χ4n) is 2.44. The van der Waals surface area contributed by atoms with Crippen LogP contribution in [-0.2, 0) is 16.1 Å². The summed E-state index contributed by atoms with van der Waals surface area (Å²) in [7, 11) is 0. The summed E-state index contributed by atoms with van der Waals surface area (Å²) in [6.07, 6.45) is 0. The molecule has 0 atom stereocenters. The molecule has 5 nitrogen and oxygen atoms in total. The van der Waals surface area contributed by atoms with E-state index in [0.29, 0.717) is 25.4 Å². The van der Waals surface area contributed by atoms with Crippen LogP contribution in [0.5, 0.6) is 0 Å². The van der Waals surface area contributed by atoms with Crippen LogP contribution in [0.25, 0.3) is 10.2 Å². The summed E-state index contributed by atoms with van der Waals surface area (Å²) in [6.45, 7) is 1.94. The van der Waals surface area contributed by atoms with Gasteiger partial charge in [0.1, 0.15) is 6.54 Å². The normalized spacial score (nSPS) is 11.7. The Morgan fingerprint density at radius 2 is 2.00 bits per heavy atom. The highest BCUT2D eigenvalue weighted by molar-refractivity contribution is 9.10. The van der Waals surface area contributed by atoms with Crippen molar-refractivity contribution in [1.82, 2.24) is 4.57 Å². The van der Waals surface area contributed by atoms with Crippen LogP contribution < -0.4 is 4.80 Å². The highest BCUT2D eigenvalue weighted by Crippen LogP contribution is 2.25. The Kier molecular flexibility index (Phi) is 5.90. The van der Waals surface area contributed by atoms with Crippen LogP contribution in [0.15, 0.2) is 51.9 Å². The molecule has 1 aromatic heterocycles. The summed E-state index contributed by atoms with van der Waals surface area (Å²) in [6, 6.07) is 12.5. The number of ether oxygens (including phenoxy) is 1. The van der Waals surface area contributed by atoms with E-state index in [1.807, 2.05) is 18.2 Å². The third-order valence-corrected chi connectivity index (χ3v) is 5.59. The van der Waals surface area contributed by atoms with Gasteiger partial charge in [0, 0.05) is 4.47 Å². The lowest BCUT2D eigenvalue weighted by atomic mass is 10.2. The number of amides is 1. The largest absolute Gasteiger partial charge is 0.465 e. The molecular formula is C18H14BrClN2O3S. The first-order valence-corrected chi connectivity index (χ1v) is 9.77. The van der Waals surface area contributed by atoms with Gasteiger partial charge in [-0.2, -0.15) is 4.99 Å². The number of halogens is 2. The van der Waals surface area contributed by atoms with E-state index in [-0.39, 0.29) is 13.2 Å². The Labute approximate surface area is 167 Å². The van der Waals surface area contributed by atoms with Crippen molar-refractivity contribution in [1.29, 1.82) is 0 Å². The molecule has 0 bridgehead atoms. The molecule has 0 spiro atoms. The van der Waals surface area contributed by atoms with Crippen molar-refractivity contribution in [3.63, 3.8) is 0 Å². The predicted octanol–water partition coefficient (Wildman–Crippen LogP) is 4.42. The maximum atomic E-state index is 12.6. The summed E-state index contributed by atoms with van der Waals surface area (Å²) < 4.78 is 8.15. The van der Waals surface area contributed by atoms with Gasteiger partial charge in [-0.05, 0) is 47.1 Å². The number of rotatable bonds is 4. The Morgan fingerprint density at radius 1 is 1.23 bits per heavy atom. The molecular weight excluding hydrogens is 440 g/mol. The first-order chi connectivity index (χ1) is 12.5. The molecule has 0 aliphatic rings. The van der Waals surface area contributed by atoms with Crippen LogP contribution in [0.2, 0.25) is 5.02 Å². The number of hydrogen-bond acceptors (Lipinski definition) is 4. The molecule has 0 unspecified atom stereocenters. The van der Waals surface area contributed by atoms with E-state index >= 15 is 0 Å². The third-order valence-electron chi connectivity index (χ3n) is 3.55. The molecule has 3 rings (SSSR count). The van der Waals surface area contributed by atoms with E-state index in [9.17, 15) is 9.59 Å². The lowest BCUT2D eigenvalue weighted by Gasteiger charge is -2.06. The van der Waals surface area contributed by atoms with Gasteiger partial charge in [0.05, 0.1) is 27.4 Å². The number of nitrogens with zero attached hydrogens (tertiary/aromatic N) is 2. The number of hydrogen-bond donors (Lipinski definition) is 0. The lowest BCUT2D eigenvalue weighted by molar-refractivity contribution is -0.143. The van der Waals surface area contributed by atoms with Crippen molar-refractivity contribution in [3.8, 4) is 0 Å². The lowest BCUT2D eigenvalue weighted by Crippen LogP contribution is -2.23. The zero-order chi connectivity index (χ0) is 18.7. The molecule has 8 heteroatoms. The SMILES string of the molecule is CCOC(=O)Cn1c(=NC(=O)c2ccccc2Br)sc2cccc(Cl)c21. The van der Waals surface area contributed by atoms with Crippen molar-refractivity contribution >= 4 is 61.0 Å². The molecule has 2 aromatic carbocycles. The van der Waals surface area contributed by atoms with E-state index in [4.69, 9.17) is 16.3 Å². The highest BCUT2D eigenvalue weighted by atomic mass is 79.9. The maximum Gasteiger partial charge on any atom is 0.326 e.